The quantitative estimate of drug-likeness (QED) is 0.799. The second kappa shape index (κ2) is 3.29. The Balaban J connectivity index is 1.86. The first-order chi connectivity index (χ1) is 6.99. The monoisotopic (exact) mass is 209 g/mol. The predicted octanol–water partition coefficient (Wildman–Crippen LogP) is 2.44. The number of aromatic carboxylic acids is 1. The summed E-state index contributed by atoms with van der Waals surface area (Å²) < 4.78 is 5.08. The maximum absolute atomic E-state index is 10.5. The molecule has 1 aromatic rings. The van der Waals surface area contributed by atoms with Crippen LogP contribution in [0.15, 0.2) is 16.5 Å². The highest BCUT2D eigenvalue weighted by atomic mass is 16.4. The summed E-state index contributed by atoms with van der Waals surface area (Å²) >= 11 is 0. The minimum atomic E-state index is -1.03. The van der Waals surface area contributed by atoms with Gasteiger partial charge >= 0.3 is 5.97 Å². The Morgan fingerprint density at radius 2 is 2.33 bits per heavy atom. The van der Waals surface area contributed by atoms with Gasteiger partial charge in [-0.25, -0.2) is 4.79 Å². The molecule has 1 unspecified atom stereocenters. The first-order valence-corrected chi connectivity index (χ1v) is 5.06. The molecule has 0 aromatic carbocycles. The second-order valence-electron chi connectivity index (χ2n) is 4.74. The number of hydrogen-bond donors (Lipinski definition) is 2. The molecule has 82 valence electrons. The summed E-state index contributed by atoms with van der Waals surface area (Å²) in [7, 11) is 0. The minimum Gasteiger partial charge on any atom is -0.475 e. The van der Waals surface area contributed by atoms with Crippen LogP contribution >= 0.6 is 0 Å². The lowest BCUT2D eigenvalue weighted by Crippen LogP contribution is -2.06. The van der Waals surface area contributed by atoms with Crippen molar-refractivity contribution in [3.63, 3.8) is 0 Å². The third-order valence-electron chi connectivity index (χ3n) is 3.06. The fraction of sp³-hybridized carbons (Fsp3) is 0.545. The van der Waals surface area contributed by atoms with Crippen LogP contribution in [0.25, 0.3) is 0 Å². The Morgan fingerprint density at radius 1 is 1.67 bits per heavy atom. The van der Waals surface area contributed by atoms with Crippen molar-refractivity contribution in [3.05, 3.63) is 17.9 Å². The summed E-state index contributed by atoms with van der Waals surface area (Å²) in [4.78, 5) is 10.5. The van der Waals surface area contributed by atoms with Crippen molar-refractivity contribution in [2.45, 2.75) is 20.3 Å². The van der Waals surface area contributed by atoms with Crippen molar-refractivity contribution < 1.29 is 14.3 Å². The molecule has 1 heterocycles. The summed E-state index contributed by atoms with van der Waals surface area (Å²) in [6.07, 6.45) is 1.21. The van der Waals surface area contributed by atoms with Gasteiger partial charge in [-0.3, -0.25) is 0 Å². The summed E-state index contributed by atoms with van der Waals surface area (Å²) in [6.45, 7) is 5.30. The Morgan fingerprint density at radius 3 is 2.80 bits per heavy atom. The van der Waals surface area contributed by atoms with E-state index in [0.29, 0.717) is 17.2 Å². The highest BCUT2D eigenvalue weighted by Gasteiger charge is 2.45. The summed E-state index contributed by atoms with van der Waals surface area (Å²) in [5.74, 6) is 0.147. The van der Waals surface area contributed by atoms with Gasteiger partial charge < -0.3 is 14.8 Å². The smallest absolute Gasteiger partial charge is 0.371 e. The van der Waals surface area contributed by atoms with E-state index < -0.39 is 5.97 Å². The molecule has 2 N–H and O–H groups in total. The van der Waals surface area contributed by atoms with Crippen molar-refractivity contribution in [2.24, 2.45) is 11.3 Å². The van der Waals surface area contributed by atoms with E-state index in [0.717, 1.165) is 6.54 Å². The van der Waals surface area contributed by atoms with Gasteiger partial charge in [0.25, 0.3) is 0 Å². The molecule has 1 aliphatic rings. The zero-order valence-electron chi connectivity index (χ0n) is 8.91. The van der Waals surface area contributed by atoms with Crippen molar-refractivity contribution in [2.75, 3.05) is 11.9 Å². The molecule has 1 saturated carbocycles. The summed E-state index contributed by atoms with van der Waals surface area (Å²) in [5.41, 5.74) is 0.426. The second-order valence-corrected chi connectivity index (χ2v) is 4.74. The number of rotatable bonds is 4. The van der Waals surface area contributed by atoms with Crippen LogP contribution < -0.4 is 5.32 Å². The van der Waals surface area contributed by atoms with Crippen molar-refractivity contribution in [3.8, 4) is 0 Å². The van der Waals surface area contributed by atoms with E-state index in [1.807, 2.05) is 0 Å². The highest BCUT2D eigenvalue weighted by Crippen LogP contribution is 2.51. The SMILES string of the molecule is CC1(C)CC1CNc1ccc(C(=O)O)o1. The maximum atomic E-state index is 10.5. The first kappa shape index (κ1) is 10.1. The summed E-state index contributed by atoms with van der Waals surface area (Å²) in [6, 6.07) is 3.11. The molecule has 4 heteroatoms. The lowest BCUT2D eigenvalue weighted by atomic mass is 10.1. The molecule has 1 aromatic heterocycles. The molecule has 1 fully saturated rings. The van der Waals surface area contributed by atoms with E-state index in [-0.39, 0.29) is 5.76 Å². The van der Waals surface area contributed by atoms with E-state index in [1.54, 1.807) is 6.07 Å². The fourth-order valence-electron chi connectivity index (χ4n) is 1.70. The third kappa shape index (κ3) is 2.14. The van der Waals surface area contributed by atoms with Gasteiger partial charge in [0.2, 0.25) is 5.76 Å². The van der Waals surface area contributed by atoms with Gasteiger partial charge in [0.1, 0.15) is 0 Å². The number of carboxylic acid groups (broad SMARTS) is 1. The van der Waals surface area contributed by atoms with E-state index in [2.05, 4.69) is 19.2 Å². The van der Waals surface area contributed by atoms with Crippen LogP contribution in [-0.4, -0.2) is 17.6 Å². The average Bonchev–Trinajstić information content (AvgIpc) is 2.63. The van der Waals surface area contributed by atoms with Crippen LogP contribution in [0, 0.1) is 11.3 Å². The normalized spacial score (nSPS) is 22.4. The molecular weight excluding hydrogens is 194 g/mol. The van der Waals surface area contributed by atoms with Crippen LogP contribution in [-0.2, 0) is 0 Å². The molecule has 1 atom stereocenters. The molecule has 0 amide bonds. The molecule has 0 bridgehead atoms. The fourth-order valence-corrected chi connectivity index (χ4v) is 1.70. The number of nitrogens with one attached hydrogen (secondary N) is 1. The van der Waals surface area contributed by atoms with Crippen molar-refractivity contribution >= 4 is 11.9 Å². The molecule has 0 spiro atoms. The van der Waals surface area contributed by atoms with Crippen LogP contribution in [0.1, 0.15) is 30.8 Å². The van der Waals surface area contributed by atoms with Gasteiger partial charge in [-0.15, -0.1) is 0 Å². The lowest BCUT2D eigenvalue weighted by Gasteiger charge is -2.04. The Labute approximate surface area is 88.3 Å². The molecule has 4 nitrogen and oxygen atoms in total. The van der Waals surface area contributed by atoms with Crippen molar-refractivity contribution in [1.29, 1.82) is 0 Å². The van der Waals surface area contributed by atoms with Crippen LogP contribution in [0.4, 0.5) is 5.88 Å². The lowest BCUT2D eigenvalue weighted by molar-refractivity contribution is 0.0663. The third-order valence-corrected chi connectivity index (χ3v) is 3.06. The number of carbonyl (C=O) groups is 1. The maximum Gasteiger partial charge on any atom is 0.371 e. The van der Waals surface area contributed by atoms with E-state index in [4.69, 9.17) is 9.52 Å². The first-order valence-electron chi connectivity index (χ1n) is 5.06. The summed E-state index contributed by atoms with van der Waals surface area (Å²) in [5, 5.41) is 11.8. The highest BCUT2D eigenvalue weighted by molar-refractivity contribution is 5.84. The van der Waals surface area contributed by atoms with E-state index in [9.17, 15) is 4.79 Å². The van der Waals surface area contributed by atoms with Crippen LogP contribution in [0.2, 0.25) is 0 Å². The molecular formula is C11H15NO3. The van der Waals surface area contributed by atoms with Gasteiger partial charge in [-0.1, -0.05) is 13.8 Å². The number of anilines is 1. The average molecular weight is 209 g/mol. The van der Waals surface area contributed by atoms with E-state index >= 15 is 0 Å². The van der Waals surface area contributed by atoms with Gasteiger partial charge in [-0.05, 0) is 23.8 Å². The zero-order valence-corrected chi connectivity index (χ0v) is 8.91. The van der Waals surface area contributed by atoms with Gasteiger partial charge in [0.15, 0.2) is 5.88 Å². The molecule has 0 radical (unpaired) electrons. The zero-order chi connectivity index (χ0) is 11.1. The van der Waals surface area contributed by atoms with Crippen LogP contribution in [0.5, 0.6) is 0 Å². The Bertz CT molecular complexity index is 381. The molecule has 0 saturated heterocycles. The van der Waals surface area contributed by atoms with Crippen molar-refractivity contribution in [1.82, 2.24) is 0 Å². The largest absolute Gasteiger partial charge is 0.475 e. The van der Waals surface area contributed by atoms with Crippen LogP contribution in [0.3, 0.4) is 0 Å². The predicted molar refractivity (Wildman–Crippen MR) is 56.0 cm³/mol. The minimum absolute atomic E-state index is 0.0208. The Kier molecular flexibility index (Phi) is 2.21. The van der Waals surface area contributed by atoms with E-state index in [1.165, 1.54) is 12.5 Å². The number of furan rings is 1. The molecule has 2 rings (SSSR count). The van der Waals surface area contributed by atoms with Gasteiger partial charge in [0, 0.05) is 12.6 Å². The molecule has 1 aliphatic carbocycles. The Hall–Kier alpha value is -1.45. The van der Waals surface area contributed by atoms with Gasteiger partial charge in [0.05, 0.1) is 0 Å². The standard InChI is InChI=1S/C11H15NO3/c1-11(2)5-7(11)6-12-9-4-3-8(15-9)10(13)14/h3-4,7,12H,5-6H2,1-2H3,(H,13,14). The number of hydrogen-bond acceptors (Lipinski definition) is 3. The topological polar surface area (TPSA) is 62.5 Å². The molecule has 0 aliphatic heterocycles. The number of carboxylic acids is 1. The van der Waals surface area contributed by atoms with Gasteiger partial charge in [-0.2, -0.15) is 0 Å². The molecule has 15 heavy (non-hydrogen) atoms.